The highest BCUT2D eigenvalue weighted by Gasteiger charge is 2.00. The van der Waals surface area contributed by atoms with Crippen LogP contribution in [0.3, 0.4) is 0 Å². The van der Waals surface area contributed by atoms with Gasteiger partial charge in [-0.05, 0) is 31.2 Å². The maximum Gasteiger partial charge on any atom is 0.0832 e. The summed E-state index contributed by atoms with van der Waals surface area (Å²) in [6, 6.07) is 4.08. The summed E-state index contributed by atoms with van der Waals surface area (Å²) in [6.07, 6.45) is 5.65. The summed E-state index contributed by atoms with van der Waals surface area (Å²) < 4.78 is 1.85. The van der Waals surface area contributed by atoms with Crippen LogP contribution in [0.1, 0.15) is 18.2 Å². The van der Waals surface area contributed by atoms with Crippen LogP contribution >= 0.6 is 0 Å². The van der Waals surface area contributed by atoms with Gasteiger partial charge in [0.05, 0.1) is 17.6 Å². The van der Waals surface area contributed by atoms with E-state index in [2.05, 4.69) is 28.4 Å². The van der Waals surface area contributed by atoms with Crippen molar-refractivity contribution in [2.45, 2.75) is 20.4 Å². The van der Waals surface area contributed by atoms with Crippen LogP contribution in [0.5, 0.6) is 0 Å². The topological polar surface area (TPSA) is 42.7 Å². The monoisotopic (exact) mass is 216 g/mol. The summed E-state index contributed by atoms with van der Waals surface area (Å²) in [5, 5.41) is 7.64. The van der Waals surface area contributed by atoms with Crippen LogP contribution in [0.15, 0.2) is 30.7 Å². The van der Waals surface area contributed by atoms with E-state index in [9.17, 15) is 0 Å². The van der Waals surface area contributed by atoms with E-state index in [1.165, 1.54) is 5.56 Å². The van der Waals surface area contributed by atoms with Crippen LogP contribution in [0.4, 0.5) is 0 Å². The Morgan fingerprint density at radius 3 is 2.94 bits per heavy atom. The van der Waals surface area contributed by atoms with Gasteiger partial charge in [0, 0.05) is 18.9 Å². The molecule has 0 unspecified atom stereocenters. The van der Waals surface area contributed by atoms with Crippen molar-refractivity contribution in [2.75, 3.05) is 6.54 Å². The fraction of sp³-hybridized carbons (Fsp3) is 0.333. The van der Waals surface area contributed by atoms with Crippen LogP contribution in [-0.2, 0) is 6.54 Å². The first-order valence-corrected chi connectivity index (χ1v) is 5.47. The Hall–Kier alpha value is -1.68. The van der Waals surface area contributed by atoms with E-state index in [1.54, 1.807) is 0 Å². The molecule has 4 heteroatoms. The van der Waals surface area contributed by atoms with E-state index < -0.39 is 0 Å². The molecule has 0 bridgehead atoms. The molecule has 0 aromatic carbocycles. The largest absolute Gasteiger partial charge is 0.313 e. The molecule has 0 radical (unpaired) electrons. The third-order valence-corrected chi connectivity index (χ3v) is 2.35. The Morgan fingerprint density at radius 2 is 2.25 bits per heavy atom. The molecule has 0 aliphatic heterocycles. The molecule has 0 atom stereocenters. The predicted octanol–water partition coefficient (Wildman–Crippen LogP) is 1.69. The number of pyridine rings is 1. The van der Waals surface area contributed by atoms with Crippen molar-refractivity contribution < 1.29 is 0 Å². The van der Waals surface area contributed by atoms with Crippen molar-refractivity contribution in [1.29, 1.82) is 0 Å². The molecular formula is C12H16N4. The highest BCUT2D eigenvalue weighted by atomic mass is 15.3. The van der Waals surface area contributed by atoms with Crippen LogP contribution < -0.4 is 5.32 Å². The summed E-state index contributed by atoms with van der Waals surface area (Å²) in [5.41, 5.74) is 3.19. The summed E-state index contributed by atoms with van der Waals surface area (Å²) in [4.78, 5) is 4.22. The summed E-state index contributed by atoms with van der Waals surface area (Å²) in [7, 11) is 0. The van der Waals surface area contributed by atoms with Gasteiger partial charge < -0.3 is 5.32 Å². The van der Waals surface area contributed by atoms with Gasteiger partial charge in [0.2, 0.25) is 0 Å². The molecule has 0 aliphatic rings. The molecule has 2 aromatic heterocycles. The van der Waals surface area contributed by atoms with E-state index in [4.69, 9.17) is 0 Å². The van der Waals surface area contributed by atoms with Gasteiger partial charge >= 0.3 is 0 Å². The molecule has 0 amide bonds. The molecule has 2 heterocycles. The van der Waals surface area contributed by atoms with Crippen LogP contribution in [-0.4, -0.2) is 21.3 Å². The van der Waals surface area contributed by atoms with Crippen LogP contribution in [0, 0.1) is 6.92 Å². The number of rotatable bonds is 4. The normalized spacial score (nSPS) is 10.6. The molecule has 0 spiro atoms. The Kier molecular flexibility index (Phi) is 3.31. The average molecular weight is 216 g/mol. The predicted molar refractivity (Wildman–Crippen MR) is 63.5 cm³/mol. The smallest absolute Gasteiger partial charge is 0.0832 e. The Morgan fingerprint density at radius 1 is 1.38 bits per heavy atom. The quantitative estimate of drug-likeness (QED) is 0.845. The third kappa shape index (κ3) is 2.46. The molecule has 0 aliphatic carbocycles. The first-order chi connectivity index (χ1) is 7.79. The zero-order chi connectivity index (χ0) is 11.4. The zero-order valence-electron chi connectivity index (χ0n) is 9.64. The van der Waals surface area contributed by atoms with Crippen molar-refractivity contribution in [3.63, 3.8) is 0 Å². The molecule has 4 nitrogen and oxygen atoms in total. The SMILES string of the molecule is CCNCc1cncc(-n2ccc(C)n2)c1. The molecular weight excluding hydrogens is 200 g/mol. The van der Waals surface area contributed by atoms with Gasteiger partial charge in [-0.25, -0.2) is 4.68 Å². The van der Waals surface area contributed by atoms with E-state index in [1.807, 2.05) is 36.3 Å². The fourth-order valence-corrected chi connectivity index (χ4v) is 1.52. The van der Waals surface area contributed by atoms with E-state index >= 15 is 0 Å². The van der Waals surface area contributed by atoms with Crippen LogP contribution in [0.2, 0.25) is 0 Å². The van der Waals surface area contributed by atoms with Gasteiger partial charge in [-0.1, -0.05) is 6.92 Å². The lowest BCUT2D eigenvalue weighted by molar-refractivity contribution is 0.722. The maximum absolute atomic E-state index is 4.36. The van der Waals surface area contributed by atoms with Crippen molar-refractivity contribution in [1.82, 2.24) is 20.1 Å². The van der Waals surface area contributed by atoms with E-state index in [0.29, 0.717) is 0 Å². The third-order valence-electron chi connectivity index (χ3n) is 2.35. The molecule has 0 fully saturated rings. The number of aromatic nitrogens is 3. The van der Waals surface area contributed by atoms with Gasteiger partial charge in [-0.15, -0.1) is 0 Å². The first-order valence-electron chi connectivity index (χ1n) is 5.47. The van der Waals surface area contributed by atoms with Crippen molar-refractivity contribution in [3.05, 3.63) is 42.0 Å². The summed E-state index contributed by atoms with van der Waals surface area (Å²) >= 11 is 0. The highest BCUT2D eigenvalue weighted by molar-refractivity contribution is 5.31. The number of hydrogen-bond donors (Lipinski definition) is 1. The molecule has 84 valence electrons. The number of hydrogen-bond acceptors (Lipinski definition) is 3. The number of nitrogens with zero attached hydrogens (tertiary/aromatic N) is 3. The second kappa shape index (κ2) is 4.90. The van der Waals surface area contributed by atoms with E-state index in [0.717, 1.165) is 24.5 Å². The molecule has 2 rings (SSSR count). The Bertz CT molecular complexity index is 462. The van der Waals surface area contributed by atoms with Gasteiger partial charge in [0.25, 0.3) is 0 Å². The van der Waals surface area contributed by atoms with Crippen molar-refractivity contribution in [3.8, 4) is 5.69 Å². The minimum Gasteiger partial charge on any atom is -0.313 e. The van der Waals surface area contributed by atoms with Crippen molar-refractivity contribution in [2.24, 2.45) is 0 Å². The van der Waals surface area contributed by atoms with Gasteiger partial charge in [0.1, 0.15) is 0 Å². The number of aryl methyl sites for hydroxylation is 1. The average Bonchev–Trinajstić information content (AvgIpc) is 2.74. The molecule has 0 saturated carbocycles. The molecule has 16 heavy (non-hydrogen) atoms. The van der Waals surface area contributed by atoms with Crippen molar-refractivity contribution >= 4 is 0 Å². The lowest BCUT2D eigenvalue weighted by Gasteiger charge is -2.05. The highest BCUT2D eigenvalue weighted by Crippen LogP contribution is 2.08. The standard InChI is InChI=1S/C12H16N4/c1-3-13-7-11-6-12(9-14-8-11)16-5-4-10(2)15-16/h4-6,8-9,13H,3,7H2,1-2H3. The molecule has 1 N–H and O–H groups in total. The lowest BCUT2D eigenvalue weighted by Crippen LogP contribution is -2.12. The van der Waals surface area contributed by atoms with Gasteiger partial charge in [-0.2, -0.15) is 5.10 Å². The Balaban J connectivity index is 2.22. The zero-order valence-corrected chi connectivity index (χ0v) is 9.64. The summed E-state index contributed by atoms with van der Waals surface area (Å²) in [5.74, 6) is 0. The van der Waals surface area contributed by atoms with Crippen LogP contribution in [0.25, 0.3) is 5.69 Å². The van der Waals surface area contributed by atoms with Gasteiger partial charge in [0.15, 0.2) is 0 Å². The van der Waals surface area contributed by atoms with E-state index in [-0.39, 0.29) is 0 Å². The molecule has 0 saturated heterocycles. The Labute approximate surface area is 95.3 Å². The second-order valence-electron chi connectivity index (χ2n) is 3.73. The summed E-state index contributed by atoms with van der Waals surface area (Å²) in [6.45, 7) is 5.88. The lowest BCUT2D eigenvalue weighted by atomic mass is 10.2. The van der Waals surface area contributed by atoms with Gasteiger partial charge in [-0.3, -0.25) is 4.98 Å². The first kappa shape index (κ1) is 10.8. The second-order valence-corrected chi connectivity index (χ2v) is 3.73. The minimum atomic E-state index is 0.845. The molecule has 2 aromatic rings. The minimum absolute atomic E-state index is 0.845. The fourth-order valence-electron chi connectivity index (χ4n) is 1.52. The maximum atomic E-state index is 4.36. The number of nitrogens with one attached hydrogen (secondary N) is 1.